The molecule has 2 rings (SSSR count). The van der Waals surface area contributed by atoms with E-state index in [0.29, 0.717) is 0 Å². The van der Waals surface area contributed by atoms with Gasteiger partial charge in [0, 0.05) is 23.6 Å². The molecule has 0 spiro atoms. The lowest BCUT2D eigenvalue weighted by Gasteiger charge is -2.15. The fraction of sp³-hybridized carbons (Fsp3) is 0.438. The van der Waals surface area contributed by atoms with Crippen molar-refractivity contribution in [3.8, 4) is 6.07 Å². The second-order valence-corrected chi connectivity index (χ2v) is 5.62. The predicted molar refractivity (Wildman–Crippen MR) is 76.5 cm³/mol. The number of aliphatic hydroxyl groups is 1. The summed E-state index contributed by atoms with van der Waals surface area (Å²) in [5, 5.41) is 19.4. The molecule has 1 aromatic heterocycles. The summed E-state index contributed by atoms with van der Waals surface area (Å²) < 4.78 is 2.20. The van der Waals surface area contributed by atoms with Gasteiger partial charge >= 0.3 is 0 Å². The van der Waals surface area contributed by atoms with Gasteiger partial charge in [0.25, 0.3) is 0 Å². The van der Waals surface area contributed by atoms with Gasteiger partial charge in [-0.3, -0.25) is 0 Å². The zero-order chi connectivity index (χ0) is 13.9. The van der Waals surface area contributed by atoms with Crippen LogP contribution < -0.4 is 0 Å². The Bertz CT molecular complexity index is 605. The van der Waals surface area contributed by atoms with Crippen LogP contribution in [0.1, 0.15) is 32.3 Å². The molecule has 3 heteroatoms. The maximum Gasteiger partial charge on any atom is 0.0688 e. The summed E-state index contributed by atoms with van der Waals surface area (Å²) >= 11 is 0. The molecule has 100 valence electrons. The lowest BCUT2D eigenvalue weighted by molar-refractivity contribution is 0.283. The molecule has 3 nitrogen and oxygen atoms in total. The Hall–Kier alpha value is -1.79. The number of hydrogen-bond acceptors (Lipinski definition) is 2. The van der Waals surface area contributed by atoms with Crippen LogP contribution in [0.4, 0.5) is 0 Å². The lowest BCUT2D eigenvalue weighted by Crippen LogP contribution is -2.09. The summed E-state index contributed by atoms with van der Waals surface area (Å²) in [6.07, 6.45) is 3.93. The van der Waals surface area contributed by atoms with Crippen molar-refractivity contribution in [1.82, 2.24) is 4.57 Å². The van der Waals surface area contributed by atoms with E-state index in [2.05, 4.69) is 29.0 Å². The van der Waals surface area contributed by atoms with E-state index in [9.17, 15) is 5.11 Å². The van der Waals surface area contributed by atoms with Gasteiger partial charge in [-0.1, -0.05) is 12.1 Å². The zero-order valence-corrected chi connectivity index (χ0v) is 11.6. The molecule has 0 aliphatic carbocycles. The third-order valence-electron chi connectivity index (χ3n) is 3.58. The first kappa shape index (κ1) is 13.6. The van der Waals surface area contributed by atoms with Crippen molar-refractivity contribution in [2.75, 3.05) is 0 Å². The number of hydrogen-bond donors (Lipinski definition) is 1. The van der Waals surface area contributed by atoms with E-state index < -0.39 is 0 Å². The van der Waals surface area contributed by atoms with Crippen LogP contribution in [0.15, 0.2) is 30.5 Å². The van der Waals surface area contributed by atoms with Crippen LogP contribution in [-0.2, 0) is 13.2 Å². The normalized spacial score (nSPS) is 11.7. The quantitative estimate of drug-likeness (QED) is 0.890. The number of nitriles is 1. The summed E-state index contributed by atoms with van der Waals surface area (Å²) in [5.74, 6) is 0. The SMILES string of the molecule is CC(C)(C#N)CCCn1ccc2c(CO)cccc21. The number of aryl methyl sites for hydroxylation is 1. The molecule has 1 N–H and O–H groups in total. The van der Waals surface area contributed by atoms with Gasteiger partial charge in [-0.05, 0) is 44.4 Å². The number of nitrogens with zero attached hydrogens (tertiary/aromatic N) is 2. The molecule has 0 bridgehead atoms. The third-order valence-corrected chi connectivity index (χ3v) is 3.58. The monoisotopic (exact) mass is 256 g/mol. The van der Waals surface area contributed by atoms with Crippen LogP contribution in [0.25, 0.3) is 10.9 Å². The molecule has 0 unspecified atom stereocenters. The first-order chi connectivity index (χ1) is 9.07. The number of benzene rings is 1. The third kappa shape index (κ3) is 2.97. The average molecular weight is 256 g/mol. The van der Waals surface area contributed by atoms with Crippen LogP contribution >= 0.6 is 0 Å². The van der Waals surface area contributed by atoms with Gasteiger partial charge in [-0.25, -0.2) is 0 Å². The van der Waals surface area contributed by atoms with Crippen LogP contribution in [0.3, 0.4) is 0 Å². The Balaban J connectivity index is 2.12. The van der Waals surface area contributed by atoms with E-state index in [1.165, 1.54) is 0 Å². The number of aliphatic hydroxyl groups excluding tert-OH is 1. The van der Waals surface area contributed by atoms with Crippen molar-refractivity contribution < 1.29 is 5.11 Å². The Morgan fingerprint density at radius 3 is 2.79 bits per heavy atom. The zero-order valence-electron chi connectivity index (χ0n) is 11.6. The largest absolute Gasteiger partial charge is 0.392 e. The molecule has 1 aromatic carbocycles. The second kappa shape index (κ2) is 5.46. The molecule has 0 aliphatic rings. The molecule has 1 heterocycles. The summed E-state index contributed by atoms with van der Waals surface area (Å²) in [6, 6.07) is 10.4. The highest BCUT2D eigenvalue weighted by Gasteiger charge is 2.15. The highest BCUT2D eigenvalue weighted by molar-refractivity contribution is 5.83. The summed E-state index contributed by atoms with van der Waals surface area (Å²) in [7, 11) is 0. The van der Waals surface area contributed by atoms with Crippen molar-refractivity contribution in [2.24, 2.45) is 5.41 Å². The first-order valence-electron chi connectivity index (χ1n) is 6.66. The molecule has 0 fully saturated rings. The van der Waals surface area contributed by atoms with Gasteiger partial charge in [0.1, 0.15) is 0 Å². The molecule has 0 aliphatic heterocycles. The molecule has 2 aromatic rings. The van der Waals surface area contributed by atoms with Gasteiger partial charge in [-0.15, -0.1) is 0 Å². The van der Waals surface area contributed by atoms with Crippen LogP contribution in [-0.4, -0.2) is 9.67 Å². The van der Waals surface area contributed by atoms with Gasteiger partial charge in [0.05, 0.1) is 18.1 Å². The number of rotatable bonds is 5. The standard InChI is InChI=1S/C16H20N2O/c1-16(2,12-17)8-4-9-18-10-7-14-13(11-19)5-3-6-15(14)18/h3,5-7,10,19H,4,8-9,11H2,1-2H3. The topological polar surface area (TPSA) is 49.0 Å². The summed E-state index contributed by atoms with van der Waals surface area (Å²) in [6.45, 7) is 4.93. The highest BCUT2D eigenvalue weighted by Crippen LogP contribution is 2.24. The maximum atomic E-state index is 9.31. The Kier molecular flexibility index (Phi) is 3.92. The van der Waals surface area contributed by atoms with Crippen LogP contribution in [0, 0.1) is 16.7 Å². The fourth-order valence-electron chi connectivity index (χ4n) is 2.37. The summed E-state index contributed by atoms with van der Waals surface area (Å²) in [4.78, 5) is 0. The van der Waals surface area contributed by atoms with E-state index in [1.54, 1.807) is 0 Å². The minimum absolute atomic E-state index is 0.0722. The second-order valence-electron chi connectivity index (χ2n) is 5.62. The average Bonchev–Trinajstić information content (AvgIpc) is 2.82. The molecule has 0 amide bonds. The fourth-order valence-corrected chi connectivity index (χ4v) is 2.37. The van der Waals surface area contributed by atoms with Crippen LogP contribution in [0.5, 0.6) is 0 Å². The van der Waals surface area contributed by atoms with Crippen molar-refractivity contribution in [2.45, 2.75) is 39.8 Å². The molecule has 0 radical (unpaired) electrons. The van der Waals surface area contributed by atoms with Gasteiger partial charge in [-0.2, -0.15) is 5.26 Å². The van der Waals surface area contributed by atoms with E-state index in [1.807, 2.05) is 26.0 Å². The Morgan fingerprint density at radius 2 is 2.11 bits per heavy atom. The minimum atomic E-state index is -0.251. The van der Waals surface area contributed by atoms with E-state index >= 15 is 0 Å². The molecule has 0 atom stereocenters. The van der Waals surface area contributed by atoms with Crippen molar-refractivity contribution in [3.05, 3.63) is 36.0 Å². The van der Waals surface area contributed by atoms with Gasteiger partial charge in [0.2, 0.25) is 0 Å². The molecule has 0 saturated carbocycles. The Morgan fingerprint density at radius 1 is 1.32 bits per heavy atom. The first-order valence-corrected chi connectivity index (χ1v) is 6.66. The van der Waals surface area contributed by atoms with Crippen molar-refractivity contribution >= 4 is 10.9 Å². The number of fused-ring (bicyclic) bond motifs is 1. The molecule has 0 saturated heterocycles. The predicted octanol–water partition coefficient (Wildman–Crippen LogP) is 3.46. The minimum Gasteiger partial charge on any atom is -0.392 e. The summed E-state index contributed by atoms with van der Waals surface area (Å²) in [5.41, 5.74) is 1.87. The van der Waals surface area contributed by atoms with E-state index in [-0.39, 0.29) is 12.0 Å². The maximum absolute atomic E-state index is 9.31. The van der Waals surface area contributed by atoms with Crippen molar-refractivity contribution in [1.29, 1.82) is 5.26 Å². The molecule has 19 heavy (non-hydrogen) atoms. The number of aromatic nitrogens is 1. The van der Waals surface area contributed by atoms with E-state index in [4.69, 9.17) is 5.26 Å². The van der Waals surface area contributed by atoms with Gasteiger partial charge < -0.3 is 9.67 Å². The molecular weight excluding hydrogens is 236 g/mol. The lowest BCUT2D eigenvalue weighted by atomic mass is 9.90. The Labute approximate surface area is 114 Å². The highest BCUT2D eigenvalue weighted by atomic mass is 16.3. The smallest absolute Gasteiger partial charge is 0.0688 e. The van der Waals surface area contributed by atoms with Crippen molar-refractivity contribution in [3.63, 3.8) is 0 Å². The van der Waals surface area contributed by atoms with Crippen LogP contribution in [0.2, 0.25) is 0 Å². The van der Waals surface area contributed by atoms with Gasteiger partial charge in [0.15, 0.2) is 0 Å². The molecular formula is C16H20N2O. The van der Waals surface area contributed by atoms with E-state index in [0.717, 1.165) is 35.9 Å².